The van der Waals surface area contributed by atoms with Crippen LogP contribution in [0.5, 0.6) is 0 Å². The topological polar surface area (TPSA) is 108 Å². The Labute approximate surface area is 241 Å². The molecule has 8 nitrogen and oxygen atoms in total. The van der Waals surface area contributed by atoms with Crippen LogP contribution in [0.3, 0.4) is 0 Å². The lowest BCUT2D eigenvalue weighted by Gasteiger charge is -2.35. The van der Waals surface area contributed by atoms with Crippen molar-refractivity contribution in [2.45, 2.75) is 136 Å². The van der Waals surface area contributed by atoms with Crippen molar-refractivity contribution >= 4 is 17.9 Å². The maximum Gasteiger partial charge on any atom is 0.408 e. The van der Waals surface area contributed by atoms with Crippen LogP contribution in [0.2, 0.25) is 0 Å². The average Bonchev–Trinajstić information content (AvgIpc) is 2.87. The third-order valence-electron chi connectivity index (χ3n) is 7.28. The quantitative estimate of drug-likeness (QED) is 0.247. The molecule has 0 spiro atoms. The molecule has 1 fully saturated rings. The predicted octanol–water partition coefficient (Wildman–Crippen LogP) is 5.87. The first kappa shape index (κ1) is 33.6. The molecule has 3 amide bonds. The van der Waals surface area contributed by atoms with Crippen LogP contribution in [0.1, 0.15) is 121 Å². The fourth-order valence-electron chi connectivity index (χ4n) is 5.43. The van der Waals surface area contributed by atoms with E-state index in [1.807, 2.05) is 32.0 Å². The van der Waals surface area contributed by atoms with Crippen LogP contribution >= 0.6 is 0 Å². The molecule has 0 aliphatic heterocycles. The number of ether oxygens (including phenoxy) is 1. The van der Waals surface area contributed by atoms with Gasteiger partial charge < -0.3 is 25.4 Å². The number of benzene rings is 1. The molecule has 1 saturated carbocycles. The summed E-state index contributed by atoms with van der Waals surface area (Å²) < 4.78 is 5.35. The first-order valence-corrected chi connectivity index (χ1v) is 15.2. The third-order valence-corrected chi connectivity index (χ3v) is 7.28. The molecule has 3 N–H and O–H groups in total. The summed E-state index contributed by atoms with van der Waals surface area (Å²) in [6.45, 7) is 11.1. The van der Waals surface area contributed by atoms with Gasteiger partial charge in [0.2, 0.25) is 11.8 Å². The SMILES string of the molecule is CCCCCCCCN(C(=O)C(CO)NC(=O)OC(C)(C)C)C(C(=O)NC1CCCCC1)c1cc(C)cc(C)c1. The van der Waals surface area contributed by atoms with Crippen molar-refractivity contribution < 1.29 is 24.2 Å². The number of aliphatic hydroxyl groups excluding tert-OH is 1. The molecule has 0 heterocycles. The number of carbonyl (C=O) groups is 3. The van der Waals surface area contributed by atoms with Gasteiger partial charge in [0.15, 0.2) is 0 Å². The van der Waals surface area contributed by atoms with Crippen molar-refractivity contribution in [3.8, 4) is 0 Å². The van der Waals surface area contributed by atoms with Crippen molar-refractivity contribution in [3.05, 3.63) is 34.9 Å². The monoisotopic (exact) mass is 559 g/mol. The molecule has 0 aromatic heterocycles. The van der Waals surface area contributed by atoms with Crippen LogP contribution in [-0.2, 0) is 14.3 Å². The van der Waals surface area contributed by atoms with E-state index >= 15 is 0 Å². The Hall–Kier alpha value is -2.61. The summed E-state index contributed by atoms with van der Waals surface area (Å²) in [7, 11) is 0. The van der Waals surface area contributed by atoms with Crippen LogP contribution in [0, 0.1) is 13.8 Å². The Morgan fingerprint density at radius 2 is 1.57 bits per heavy atom. The summed E-state index contributed by atoms with van der Waals surface area (Å²) in [6.07, 6.45) is 10.5. The number of hydrogen-bond acceptors (Lipinski definition) is 5. The molecule has 2 unspecified atom stereocenters. The van der Waals surface area contributed by atoms with Crippen molar-refractivity contribution in [2.75, 3.05) is 13.2 Å². The average molecular weight is 560 g/mol. The second-order valence-corrected chi connectivity index (χ2v) is 12.3. The lowest BCUT2D eigenvalue weighted by molar-refractivity contribution is -0.143. The zero-order valence-electron chi connectivity index (χ0n) is 25.7. The molecule has 1 aliphatic carbocycles. The maximum absolute atomic E-state index is 14.0. The largest absolute Gasteiger partial charge is 0.444 e. The van der Waals surface area contributed by atoms with Gasteiger partial charge in [-0.2, -0.15) is 0 Å². The predicted molar refractivity (Wildman–Crippen MR) is 159 cm³/mol. The molecule has 2 rings (SSSR count). The molecular weight excluding hydrogens is 506 g/mol. The lowest BCUT2D eigenvalue weighted by Crippen LogP contribution is -2.55. The number of aryl methyl sites for hydroxylation is 2. The van der Waals surface area contributed by atoms with Gasteiger partial charge in [-0.25, -0.2) is 4.79 Å². The molecule has 40 heavy (non-hydrogen) atoms. The van der Waals surface area contributed by atoms with Crippen molar-refractivity contribution in [1.82, 2.24) is 15.5 Å². The lowest BCUT2D eigenvalue weighted by atomic mass is 9.94. The summed E-state index contributed by atoms with van der Waals surface area (Å²) in [6, 6.07) is 3.92. The number of rotatable bonds is 14. The molecule has 0 bridgehead atoms. The number of alkyl carbamates (subject to hydrolysis) is 1. The minimum Gasteiger partial charge on any atom is -0.444 e. The first-order chi connectivity index (χ1) is 18.9. The first-order valence-electron chi connectivity index (χ1n) is 15.2. The molecule has 1 aromatic rings. The summed E-state index contributed by atoms with van der Waals surface area (Å²) in [5.41, 5.74) is 1.98. The summed E-state index contributed by atoms with van der Waals surface area (Å²) >= 11 is 0. The Morgan fingerprint density at radius 1 is 0.975 bits per heavy atom. The fraction of sp³-hybridized carbons (Fsp3) is 0.719. The molecule has 1 aliphatic rings. The highest BCUT2D eigenvalue weighted by molar-refractivity contribution is 5.92. The molecule has 0 radical (unpaired) electrons. The highest BCUT2D eigenvalue weighted by Gasteiger charge is 2.37. The molecule has 226 valence electrons. The van der Waals surface area contributed by atoms with E-state index in [2.05, 4.69) is 17.6 Å². The van der Waals surface area contributed by atoms with E-state index < -0.39 is 36.3 Å². The van der Waals surface area contributed by atoms with Crippen LogP contribution < -0.4 is 10.6 Å². The Bertz CT molecular complexity index is 932. The van der Waals surface area contributed by atoms with E-state index in [9.17, 15) is 19.5 Å². The Balaban J connectivity index is 2.41. The van der Waals surface area contributed by atoms with Gasteiger partial charge in [0, 0.05) is 12.6 Å². The van der Waals surface area contributed by atoms with E-state index in [1.54, 1.807) is 25.7 Å². The van der Waals surface area contributed by atoms with E-state index in [0.29, 0.717) is 6.54 Å². The second-order valence-electron chi connectivity index (χ2n) is 12.3. The molecule has 1 aromatic carbocycles. The van der Waals surface area contributed by atoms with Gasteiger partial charge in [-0.15, -0.1) is 0 Å². The van der Waals surface area contributed by atoms with Crippen LogP contribution in [0.15, 0.2) is 18.2 Å². The van der Waals surface area contributed by atoms with Gasteiger partial charge in [-0.1, -0.05) is 87.6 Å². The van der Waals surface area contributed by atoms with Crippen LogP contribution in [0.4, 0.5) is 4.79 Å². The van der Waals surface area contributed by atoms with Gasteiger partial charge in [-0.3, -0.25) is 9.59 Å². The standard InChI is InChI=1S/C32H53N3O5/c1-7-8-9-10-11-15-18-35(30(38)27(22-36)34-31(39)40-32(4,5)6)28(25-20-23(2)19-24(3)21-25)29(37)33-26-16-13-12-14-17-26/h19-21,26-28,36H,7-18,22H2,1-6H3,(H,33,37)(H,34,39). The second kappa shape index (κ2) is 16.6. The van der Waals surface area contributed by atoms with Crippen LogP contribution in [-0.4, -0.2) is 58.8 Å². The van der Waals surface area contributed by atoms with Crippen LogP contribution in [0.25, 0.3) is 0 Å². The highest BCUT2D eigenvalue weighted by Crippen LogP contribution is 2.27. The zero-order valence-corrected chi connectivity index (χ0v) is 25.7. The number of amides is 3. The van der Waals surface area contributed by atoms with Gasteiger partial charge >= 0.3 is 6.09 Å². The zero-order chi connectivity index (χ0) is 29.7. The van der Waals surface area contributed by atoms with Gasteiger partial charge in [0.05, 0.1) is 6.61 Å². The van der Waals surface area contributed by atoms with Gasteiger partial charge in [0.1, 0.15) is 17.7 Å². The molecule has 0 saturated heterocycles. The van der Waals surface area contributed by atoms with Crippen molar-refractivity contribution in [1.29, 1.82) is 0 Å². The minimum absolute atomic E-state index is 0.0779. The van der Waals surface area contributed by atoms with Crippen molar-refractivity contribution in [2.24, 2.45) is 0 Å². The Morgan fingerprint density at radius 3 is 2.15 bits per heavy atom. The van der Waals surface area contributed by atoms with Gasteiger partial charge in [-0.05, 0) is 59.4 Å². The van der Waals surface area contributed by atoms with Crippen molar-refractivity contribution in [3.63, 3.8) is 0 Å². The maximum atomic E-state index is 14.0. The Kier molecular flexibility index (Phi) is 13.9. The van der Waals surface area contributed by atoms with E-state index in [1.165, 1.54) is 12.8 Å². The number of unbranched alkanes of at least 4 members (excludes halogenated alkanes) is 5. The van der Waals surface area contributed by atoms with Gasteiger partial charge in [0.25, 0.3) is 0 Å². The van der Waals surface area contributed by atoms with E-state index in [-0.39, 0.29) is 11.9 Å². The summed E-state index contributed by atoms with van der Waals surface area (Å²) in [5.74, 6) is -0.713. The summed E-state index contributed by atoms with van der Waals surface area (Å²) in [5, 5.41) is 16.0. The highest BCUT2D eigenvalue weighted by atomic mass is 16.6. The number of nitrogens with one attached hydrogen (secondary N) is 2. The molecule has 8 heteroatoms. The normalized spacial score (nSPS) is 15.7. The fourth-order valence-corrected chi connectivity index (χ4v) is 5.43. The minimum atomic E-state index is -1.23. The number of nitrogens with zero attached hydrogens (tertiary/aromatic N) is 1. The molecular formula is C32H53N3O5. The third kappa shape index (κ3) is 11.5. The van der Waals surface area contributed by atoms with E-state index in [0.717, 1.165) is 74.5 Å². The summed E-state index contributed by atoms with van der Waals surface area (Å²) in [4.78, 5) is 42.1. The van der Waals surface area contributed by atoms with E-state index in [4.69, 9.17) is 4.74 Å². The number of aliphatic hydroxyl groups is 1. The number of hydrogen-bond donors (Lipinski definition) is 3. The number of carbonyl (C=O) groups excluding carboxylic acids is 3. The molecule has 2 atom stereocenters. The smallest absolute Gasteiger partial charge is 0.408 e.